The molecule has 2 unspecified atom stereocenters. The van der Waals surface area contributed by atoms with E-state index >= 15 is 0 Å². The van der Waals surface area contributed by atoms with Crippen molar-refractivity contribution in [2.24, 2.45) is 5.41 Å². The van der Waals surface area contributed by atoms with Crippen LogP contribution >= 0.6 is 0 Å². The summed E-state index contributed by atoms with van der Waals surface area (Å²) in [6, 6.07) is 6.06. The van der Waals surface area contributed by atoms with Crippen LogP contribution in [0.1, 0.15) is 51.5 Å². The molecule has 1 rings (SSSR count). The molecule has 0 saturated heterocycles. The number of aliphatic carboxylic acids is 1. The van der Waals surface area contributed by atoms with Crippen molar-refractivity contribution in [1.82, 2.24) is 0 Å². The maximum atomic E-state index is 12.1. The van der Waals surface area contributed by atoms with E-state index in [-0.39, 0.29) is 11.7 Å². The van der Waals surface area contributed by atoms with Crippen LogP contribution in [0.5, 0.6) is 5.75 Å². The Labute approximate surface area is 138 Å². The Morgan fingerprint density at radius 1 is 1.21 bits per heavy atom. The third-order valence-corrected chi connectivity index (χ3v) is 4.08. The monoisotopic (exact) mass is 346 g/mol. The van der Waals surface area contributed by atoms with Gasteiger partial charge in [-0.1, -0.05) is 26.0 Å². The van der Waals surface area contributed by atoms with E-state index in [0.29, 0.717) is 12.8 Å². The molecule has 4 nitrogen and oxygen atoms in total. The third-order valence-electron chi connectivity index (χ3n) is 4.08. The van der Waals surface area contributed by atoms with Gasteiger partial charge in [0.2, 0.25) is 0 Å². The van der Waals surface area contributed by atoms with Crippen LogP contribution in [-0.2, 0) is 9.59 Å². The van der Waals surface area contributed by atoms with E-state index in [1.165, 1.54) is 12.1 Å². The first-order chi connectivity index (χ1) is 11.0. The zero-order chi connectivity index (χ0) is 18.5. The van der Waals surface area contributed by atoms with Gasteiger partial charge in [0, 0.05) is 0 Å². The summed E-state index contributed by atoms with van der Waals surface area (Å²) in [4.78, 5) is 22.5. The largest absolute Gasteiger partial charge is 0.481 e. The Morgan fingerprint density at radius 3 is 2.17 bits per heavy atom. The van der Waals surface area contributed by atoms with Gasteiger partial charge in [0.1, 0.15) is 12.2 Å². The number of hydrogen-bond acceptors (Lipinski definition) is 3. The number of carboxylic acids is 1. The van der Waals surface area contributed by atoms with Crippen molar-refractivity contribution in [3.63, 3.8) is 0 Å². The van der Waals surface area contributed by atoms with Gasteiger partial charge in [0.15, 0.2) is 0 Å². The molecular weight excluding hydrogens is 325 g/mol. The van der Waals surface area contributed by atoms with Crippen LogP contribution in [0.15, 0.2) is 24.3 Å². The van der Waals surface area contributed by atoms with Gasteiger partial charge in [-0.05, 0) is 43.4 Å². The van der Waals surface area contributed by atoms with Crippen LogP contribution in [0, 0.1) is 5.41 Å². The van der Waals surface area contributed by atoms with Gasteiger partial charge >= 0.3 is 18.1 Å². The lowest BCUT2D eigenvalue weighted by atomic mass is 9.77. The van der Waals surface area contributed by atoms with E-state index in [2.05, 4.69) is 4.74 Å². The van der Waals surface area contributed by atoms with Crippen molar-refractivity contribution in [3.05, 3.63) is 29.8 Å². The summed E-state index contributed by atoms with van der Waals surface area (Å²) in [6.45, 7) is 5.37. The van der Waals surface area contributed by atoms with E-state index in [1.807, 2.05) is 13.8 Å². The molecule has 1 aromatic carbocycles. The molecule has 0 saturated carbocycles. The van der Waals surface area contributed by atoms with Crippen molar-refractivity contribution < 1.29 is 32.6 Å². The third kappa shape index (κ3) is 5.86. The number of carboxylic acid groups (broad SMARTS) is 1. The molecule has 134 valence electrons. The van der Waals surface area contributed by atoms with Gasteiger partial charge < -0.3 is 9.84 Å². The number of rotatable bonds is 7. The summed E-state index contributed by atoms with van der Waals surface area (Å²) in [5, 5.41) is 9.32. The Balaban J connectivity index is 2.73. The molecule has 0 aromatic heterocycles. The first-order valence-electron chi connectivity index (χ1n) is 7.57. The van der Waals surface area contributed by atoms with Crippen molar-refractivity contribution in [1.29, 1.82) is 0 Å². The van der Waals surface area contributed by atoms with Crippen molar-refractivity contribution in [2.45, 2.75) is 52.1 Å². The molecule has 0 bridgehead atoms. The molecule has 0 heterocycles. The molecule has 7 heteroatoms. The van der Waals surface area contributed by atoms with Crippen molar-refractivity contribution in [3.8, 4) is 5.75 Å². The van der Waals surface area contributed by atoms with Gasteiger partial charge in [-0.15, -0.1) is 0 Å². The number of hydrogen-bond donors (Lipinski definition) is 1. The second-order valence-electron chi connectivity index (χ2n) is 6.16. The lowest BCUT2D eigenvalue weighted by Gasteiger charge is -2.26. The van der Waals surface area contributed by atoms with Gasteiger partial charge in [0.25, 0.3) is 0 Å². The molecule has 0 aliphatic heterocycles. The van der Waals surface area contributed by atoms with Gasteiger partial charge in [-0.25, -0.2) is 0 Å². The zero-order valence-corrected chi connectivity index (χ0v) is 13.8. The number of alkyl halides is 3. The summed E-state index contributed by atoms with van der Waals surface area (Å²) in [7, 11) is 0. The minimum atomic E-state index is -4.60. The molecule has 0 spiro atoms. The van der Waals surface area contributed by atoms with Gasteiger partial charge in [0.05, 0.1) is 5.41 Å². The van der Waals surface area contributed by atoms with Crippen LogP contribution in [0.4, 0.5) is 13.2 Å². The fourth-order valence-electron chi connectivity index (χ4n) is 2.37. The fourth-order valence-corrected chi connectivity index (χ4v) is 2.37. The highest BCUT2D eigenvalue weighted by molar-refractivity contribution is 5.74. The Bertz CT molecular complexity index is 580. The highest BCUT2D eigenvalue weighted by Gasteiger charge is 2.33. The highest BCUT2D eigenvalue weighted by atomic mass is 19.4. The van der Waals surface area contributed by atoms with E-state index in [4.69, 9.17) is 0 Å². The number of esters is 1. The van der Waals surface area contributed by atoms with Crippen molar-refractivity contribution in [2.75, 3.05) is 0 Å². The van der Waals surface area contributed by atoms with E-state index in [1.54, 1.807) is 19.1 Å². The normalized spacial score (nSPS) is 15.4. The van der Waals surface area contributed by atoms with E-state index < -0.39 is 30.0 Å². The van der Waals surface area contributed by atoms with E-state index in [0.717, 1.165) is 5.56 Å². The molecule has 1 N–H and O–H groups in total. The summed E-state index contributed by atoms with van der Waals surface area (Å²) in [5.41, 5.74) is -0.0244. The smallest absolute Gasteiger partial charge is 0.399 e. The maximum Gasteiger partial charge on any atom is 0.399 e. The predicted octanol–water partition coefficient (Wildman–Crippen LogP) is 4.54. The number of carbonyl (C=O) groups is 2. The summed E-state index contributed by atoms with van der Waals surface area (Å²) >= 11 is 0. The first-order valence-corrected chi connectivity index (χ1v) is 7.57. The molecule has 0 aliphatic rings. The summed E-state index contributed by atoms with van der Waals surface area (Å²) in [5.74, 6) is -2.27. The van der Waals surface area contributed by atoms with Crippen LogP contribution < -0.4 is 4.74 Å². The van der Waals surface area contributed by atoms with Crippen LogP contribution in [0.25, 0.3) is 0 Å². The van der Waals surface area contributed by atoms with E-state index in [9.17, 15) is 27.9 Å². The number of ether oxygens (including phenoxy) is 1. The summed E-state index contributed by atoms with van der Waals surface area (Å²) in [6.07, 6.45) is -5.34. The van der Waals surface area contributed by atoms with Crippen molar-refractivity contribution >= 4 is 11.9 Å². The number of carbonyl (C=O) groups excluding carboxylic acids is 1. The Kier molecular flexibility index (Phi) is 6.40. The molecule has 2 atom stereocenters. The second-order valence-corrected chi connectivity index (χ2v) is 6.16. The second kappa shape index (κ2) is 7.68. The SMILES string of the molecule is CCC(C)(CC(C)c1ccc(OC(=O)CC(F)(F)F)cc1)C(=O)O. The standard InChI is InChI=1S/C17H21F3O4/c1-4-16(3,15(22)23)9-11(2)12-5-7-13(8-6-12)24-14(21)10-17(18,19)20/h5-8,11H,4,9-10H2,1-3H3,(H,22,23). The van der Waals surface area contributed by atoms with Crippen LogP contribution in [0.2, 0.25) is 0 Å². The maximum absolute atomic E-state index is 12.1. The molecule has 24 heavy (non-hydrogen) atoms. The Morgan fingerprint density at radius 2 is 1.75 bits per heavy atom. The zero-order valence-electron chi connectivity index (χ0n) is 13.8. The molecule has 0 radical (unpaired) electrons. The lowest BCUT2D eigenvalue weighted by molar-refractivity contribution is -0.164. The van der Waals surface area contributed by atoms with Gasteiger partial charge in [-0.2, -0.15) is 13.2 Å². The predicted molar refractivity (Wildman–Crippen MR) is 81.8 cm³/mol. The quantitative estimate of drug-likeness (QED) is 0.581. The topological polar surface area (TPSA) is 63.6 Å². The molecule has 0 amide bonds. The average molecular weight is 346 g/mol. The molecule has 1 aromatic rings. The lowest BCUT2D eigenvalue weighted by Crippen LogP contribution is -2.28. The minimum absolute atomic E-state index is 0.0247. The first kappa shape index (κ1) is 20.0. The average Bonchev–Trinajstić information content (AvgIpc) is 2.45. The molecule has 0 aliphatic carbocycles. The van der Waals surface area contributed by atoms with Crippen LogP contribution in [0.3, 0.4) is 0 Å². The highest BCUT2D eigenvalue weighted by Crippen LogP contribution is 2.35. The Hall–Kier alpha value is -2.05. The summed E-state index contributed by atoms with van der Waals surface area (Å²) < 4.78 is 40.9. The minimum Gasteiger partial charge on any atom is -0.481 e. The number of benzene rings is 1. The molecular formula is C17H21F3O4. The van der Waals surface area contributed by atoms with Gasteiger partial charge in [-0.3, -0.25) is 9.59 Å². The molecule has 0 fully saturated rings. The van der Waals surface area contributed by atoms with Crippen LogP contribution in [-0.4, -0.2) is 23.2 Å². The fraction of sp³-hybridized carbons (Fsp3) is 0.529. The number of halogens is 3.